The number of carbonyl (C=O) groups is 1. The van der Waals surface area contributed by atoms with E-state index in [1.54, 1.807) is 11.0 Å². The Morgan fingerprint density at radius 2 is 1.91 bits per heavy atom. The Balaban J connectivity index is 2.22. The molecule has 1 heterocycles. The first kappa shape index (κ1) is 18.0. The van der Waals surface area contributed by atoms with Gasteiger partial charge in [0.25, 0.3) is 5.91 Å². The highest BCUT2D eigenvalue weighted by Gasteiger charge is 2.32. The highest BCUT2D eigenvalue weighted by Crippen LogP contribution is 2.29. The number of amides is 1. The molecule has 23 heavy (non-hydrogen) atoms. The van der Waals surface area contributed by atoms with Crippen molar-refractivity contribution in [3.05, 3.63) is 28.0 Å². The molecule has 0 unspecified atom stereocenters. The second kappa shape index (κ2) is 7.04. The molecule has 1 aliphatic rings. The number of benzene rings is 1. The second-order valence-electron chi connectivity index (χ2n) is 5.38. The average molecular weight is 398 g/mol. The number of hydrogen-bond acceptors (Lipinski definition) is 3. The molecule has 1 fully saturated rings. The van der Waals surface area contributed by atoms with Crippen LogP contribution in [0.4, 0.5) is 23.2 Å². The summed E-state index contributed by atoms with van der Waals surface area (Å²) in [6.45, 7) is 0.164. The largest absolute Gasteiger partial charge is 0.401 e. The maximum Gasteiger partial charge on any atom is 0.401 e. The number of nitrogens with zero attached hydrogens (tertiary/aromatic N) is 2. The number of hydrogen-bond donors (Lipinski definition) is 1. The average Bonchev–Trinajstić information content (AvgIpc) is 2.60. The van der Waals surface area contributed by atoms with E-state index in [0.29, 0.717) is 29.7 Å². The van der Waals surface area contributed by atoms with Crippen molar-refractivity contribution >= 4 is 27.5 Å². The summed E-state index contributed by atoms with van der Waals surface area (Å²) in [6.07, 6.45) is -3.78. The van der Waals surface area contributed by atoms with Crippen LogP contribution in [-0.4, -0.2) is 49.7 Å². The van der Waals surface area contributed by atoms with Crippen LogP contribution in [0.5, 0.6) is 0 Å². The van der Waals surface area contributed by atoms with E-state index in [0.717, 1.165) is 6.07 Å². The van der Waals surface area contributed by atoms with E-state index in [9.17, 15) is 22.4 Å². The van der Waals surface area contributed by atoms with E-state index in [1.807, 2.05) is 0 Å². The zero-order valence-electron chi connectivity index (χ0n) is 12.2. The van der Waals surface area contributed by atoms with E-state index in [4.69, 9.17) is 5.73 Å². The van der Waals surface area contributed by atoms with Gasteiger partial charge in [0, 0.05) is 30.7 Å². The summed E-state index contributed by atoms with van der Waals surface area (Å²) >= 11 is 3.16. The van der Waals surface area contributed by atoms with Crippen LogP contribution < -0.4 is 10.6 Å². The minimum absolute atomic E-state index is 0.172. The first-order chi connectivity index (χ1) is 10.7. The second-order valence-corrected chi connectivity index (χ2v) is 6.29. The van der Waals surface area contributed by atoms with Gasteiger partial charge in [-0.05, 0) is 18.6 Å². The van der Waals surface area contributed by atoms with Crippen molar-refractivity contribution in [2.24, 2.45) is 5.73 Å². The third-order valence-corrected chi connectivity index (χ3v) is 4.07. The molecule has 2 N–H and O–H groups in total. The Kier molecular flexibility index (Phi) is 5.51. The van der Waals surface area contributed by atoms with Gasteiger partial charge in [0.05, 0.1) is 17.8 Å². The molecule has 1 aromatic rings. The summed E-state index contributed by atoms with van der Waals surface area (Å²) in [4.78, 5) is 14.5. The standard InChI is InChI=1S/C14H16BrF4N3O/c15-9-6-10(16)12(13(20)23)11(7-9)22-3-1-2-21(4-5-22)8-14(17,18)19/h6-7H,1-5,8H2,(H2,20,23). The lowest BCUT2D eigenvalue weighted by molar-refractivity contribution is -0.145. The van der Waals surface area contributed by atoms with E-state index in [-0.39, 0.29) is 18.7 Å². The van der Waals surface area contributed by atoms with Crippen LogP contribution in [0.25, 0.3) is 0 Å². The smallest absolute Gasteiger partial charge is 0.369 e. The molecule has 1 amide bonds. The van der Waals surface area contributed by atoms with Gasteiger partial charge in [0.1, 0.15) is 5.82 Å². The maximum atomic E-state index is 14.0. The normalized spacial score (nSPS) is 17.2. The number of alkyl halides is 3. The Morgan fingerprint density at radius 1 is 1.22 bits per heavy atom. The summed E-state index contributed by atoms with van der Waals surface area (Å²) in [7, 11) is 0. The van der Waals surface area contributed by atoms with Crippen molar-refractivity contribution in [2.45, 2.75) is 12.6 Å². The maximum absolute atomic E-state index is 14.0. The number of primary amides is 1. The fourth-order valence-corrected chi connectivity index (χ4v) is 3.09. The summed E-state index contributed by atoms with van der Waals surface area (Å²) < 4.78 is 51.9. The van der Waals surface area contributed by atoms with Gasteiger partial charge in [-0.2, -0.15) is 13.2 Å². The quantitative estimate of drug-likeness (QED) is 0.797. The van der Waals surface area contributed by atoms with Gasteiger partial charge in [-0.25, -0.2) is 4.39 Å². The van der Waals surface area contributed by atoms with Gasteiger partial charge in [-0.3, -0.25) is 9.69 Å². The molecular formula is C14H16BrF4N3O. The molecule has 4 nitrogen and oxygen atoms in total. The minimum Gasteiger partial charge on any atom is -0.369 e. The molecule has 2 rings (SSSR count). The summed E-state index contributed by atoms with van der Waals surface area (Å²) in [5.41, 5.74) is 5.31. The van der Waals surface area contributed by atoms with Gasteiger partial charge < -0.3 is 10.6 Å². The molecule has 0 aliphatic carbocycles. The van der Waals surface area contributed by atoms with Crippen LogP contribution in [0.1, 0.15) is 16.8 Å². The Bertz CT molecular complexity index is 594. The van der Waals surface area contributed by atoms with Gasteiger partial charge >= 0.3 is 6.18 Å². The Morgan fingerprint density at radius 3 is 2.52 bits per heavy atom. The highest BCUT2D eigenvalue weighted by atomic mass is 79.9. The lowest BCUT2D eigenvalue weighted by Gasteiger charge is -2.26. The van der Waals surface area contributed by atoms with Gasteiger partial charge in [0.15, 0.2) is 0 Å². The van der Waals surface area contributed by atoms with Crippen molar-refractivity contribution in [1.82, 2.24) is 4.90 Å². The molecule has 0 radical (unpaired) electrons. The fourth-order valence-electron chi connectivity index (χ4n) is 2.68. The molecule has 9 heteroatoms. The molecule has 0 aromatic heterocycles. The fraction of sp³-hybridized carbons (Fsp3) is 0.500. The van der Waals surface area contributed by atoms with E-state index in [1.165, 1.54) is 4.90 Å². The lowest BCUT2D eigenvalue weighted by atomic mass is 10.1. The molecule has 1 aromatic carbocycles. The third-order valence-electron chi connectivity index (χ3n) is 3.61. The van der Waals surface area contributed by atoms with Crippen molar-refractivity contribution < 1.29 is 22.4 Å². The Hall–Kier alpha value is -1.35. The monoisotopic (exact) mass is 397 g/mol. The summed E-state index contributed by atoms with van der Waals surface area (Å²) in [5.74, 6) is -1.65. The highest BCUT2D eigenvalue weighted by molar-refractivity contribution is 9.10. The van der Waals surface area contributed by atoms with Crippen molar-refractivity contribution in [3.8, 4) is 0 Å². The number of anilines is 1. The van der Waals surface area contributed by atoms with Crippen LogP contribution in [0, 0.1) is 5.82 Å². The van der Waals surface area contributed by atoms with Crippen molar-refractivity contribution in [2.75, 3.05) is 37.6 Å². The molecular weight excluding hydrogens is 382 g/mol. The van der Waals surface area contributed by atoms with Gasteiger partial charge in [-0.1, -0.05) is 15.9 Å². The molecule has 0 atom stereocenters. The number of halogens is 5. The van der Waals surface area contributed by atoms with Crippen molar-refractivity contribution in [3.63, 3.8) is 0 Å². The molecule has 128 valence electrons. The van der Waals surface area contributed by atoms with Gasteiger partial charge in [0.2, 0.25) is 0 Å². The van der Waals surface area contributed by atoms with Crippen molar-refractivity contribution in [1.29, 1.82) is 0 Å². The predicted molar refractivity (Wildman–Crippen MR) is 81.9 cm³/mol. The molecule has 1 aliphatic heterocycles. The molecule has 1 saturated heterocycles. The zero-order valence-corrected chi connectivity index (χ0v) is 13.8. The minimum atomic E-state index is -4.25. The third kappa shape index (κ3) is 4.81. The first-order valence-electron chi connectivity index (χ1n) is 7.00. The molecule has 0 spiro atoms. The molecule has 0 bridgehead atoms. The van der Waals surface area contributed by atoms with Crippen LogP contribution in [0.3, 0.4) is 0 Å². The topological polar surface area (TPSA) is 49.6 Å². The van der Waals surface area contributed by atoms with Crippen LogP contribution in [-0.2, 0) is 0 Å². The predicted octanol–water partition coefficient (Wildman–Crippen LogP) is 2.76. The van der Waals surface area contributed by atoms with Crippen LogP contribution >= 0.6 is 15.9 Å². The van der Waals surface area contributed by atoms with E-state index >= 15 is 0 Å². The van der Waals surface area contributed by atoms with Gasteiger partial charge in [-0.15, -0.1) is 0 Å². The van der Waals surface area contributed by atoms with E-state index in [2.05, 4.69) is 15.9 Å². The summed E-state index contributed by atoms with van der Waals surface area (Å²) in [6, 6.07) is 2.69. The first-order valence-corrected chi connectivity index (χ1v) is 7.79. The number of rotatable bonds is 3. The van der Waals surface area contributed by atoms with Crippen LogP contribution in [0.15, 0.2) is 16.6 Å². The number of nitrogens with two attached hydrogens (primary N) is 1. The lowest BCUT2D eigenvalue weighted by Crippen LogP contribution is -2.37. The summed E-state index contributed by atoms with van der Waals surface area (Å²) in [5, 5.41) is 0. The SMILES string of the molecule is NC(=O)c1c(F)cc(Br)cc1N1CCCN(CC(F)(F)F)CC1. The zero-order chi connectivity index (χ0) is 17.2. The van der Waals surface area contributed by atoms with Crippen LogP contribution in [0.2, 0.25) is 0 Å². The number of carbonyl (C=O) groups excluding carboxylic acids is 1. The Labute approximate surface area is 139 Å². The molecule has 0 saturated carbocycles. The van der Waals surface area contributed by atoms with E-state index < -0.39 is 24.4 Å².